The summed E-state index contributed by atoms with van der Waals surface area (Å²) >= 11 is 0. The zero-order chi connectivity index (χ0) is 20.9. The highest BCUT2D eigenvalue weighted by atomic mass is 15.5. The normalized spacial score (nSPS) is 15.2. The zero-order valence-corrected chi connectivity index (χ0v) is 17.8. The maximum atomic E-state index is 5.79. The van der Waals surface area contributed by atoms with E-state index in [0.717, 1.165) is 60.9 Å². The third-order valence-corrected chi connectivity index (χ3v) is 5.69. The molecule has 0 radical (unpaired) electrons. The molecule has 1 aromatic heterocycles. The van der Waals surface area contributed by atoms with E-state index in [1.165, 1.54) is 5.56 Å². The van der Waals surface area contributed by atoms with Gasteiger partial charge in [0, 0.05) is 44.8 Å². The second-order valence-corrected chi connectivity index (χ2v) is 7.83. The van der Waals surface area contributed by atoms with Gasteiger partial charge in [-0.05, 0) is 37.1 Å². The highest BCUT2D eigenvalue weighted by Gasteiger charge is 2.16. The van der Waals surface area contributed by atoms with Gasteiger partial charge in [0.1, 0.15) is 0 Å². The summed E-state index contributed by atoms with van der Waals surface area (Å²) in [4.78, 5) is 2.49. The first-order chi connectivity index (χ1) is 14.6. The number of aryl methyl sites for hydroxylation is 1. The van der Waals surface area contributed by atoms with Crippen LogP contribution >= 0.6 is 0 Å². The van der Waals surface area contributed by atoms with Crippen LogP contribution in [0.3, 0.4) is 0 Å². The van der Waals surface area contributed by atoms with Crippen LogP contribution in [0.1, 0.15) is 28.1 Å². The minimum absolute atomic E-state index is 0.525. The van der Waals surface area contributed by atoms with Gasteiger partial charge in [-0.2, -0.15) is 10.2 Å². The standard InChI is InChI=1S/C24H30N6/c1-19-24(20(2)30(27-19)23-10-6-9-22(15-23)16-25)17-26-29-13-11-28(12-14-29)18-21-7-4-3-5-8-21/h3-10,15,17H,11-14,16,18,25H2,1-2H3/b26-17+. The van der Waals surface area contributed by atoms with Gasteiger partial charge in [0.05, 0.1) is 23.3 Å². The molecular formula is C24H30N6. The summed E-state index contributed by atoms with van der Waals surface area (Å²) in [5, 5.41) is 11.7. The molecule has 156 valence electrons. The second kappa shape index (κ2) is 9.24. The zero-order valence-electron chi connectivity index (χ0n) is 17.8. The SMILES string of the molecule is Cc1nn(-c2cccc(CN)c2)c(C)c1/C=N/N1CCN(Cc2ccccc2)CC1. The van der Waals surface area contributed by atoms with E-state index in [-0.39, 0.29) is 0 Å². The minimum atomic E-state index is 0.525. The molecule has 1 aliphatic rings. The first-order valence-corrected chi connectivity index (χ1v) is 10.5. The Bertz CT molecular complexity index is 1000. The van der Waals surface area contributed by atoms with E-state index in [1.807, 2.05) is 30.0 Å². The molecule has 6 nitrogen and oxygen atoms in total. The van der Waals surface area contributed by atoms with Crippen molar-refractivity contribution in [3.8, 4) is 5.69 Å². The molecule has 0 aliphatic carbocycles. The molecule has 6 heteroatoms. The van der Waals surface area contributed by atoms with Crippen molar-refractivity contribution in [1.82, 2.24) is 19.7 Å². The lowest BCUT2D eigenvalue weighted by atomic mass is 10.2. The number of rotatable bonds is 6. The smallest absolute Gasteiger partial charge is 0.0689 e. The summed E-state index contributed by atoms with van der Waals surface area (Å²) in [5.74, 6) is 0. The lowest BCUT2D eigenvalue weighted by Crippen LogP contribution is -2.43. The van der Waals surface area contributed by atoms with Gasteiger partial charge in [-0.3, -0.25) is 9.91 Å². The average Bonchev–Trinajstić information content (AvgIpc) is 3.07. The maximum absolute atomic E-state index is 5.79. The molecule has 1 saturated heterocycles. The monoisotopic (exact) mass is 402 g/mol. The summed E-state index contributed by atoms with van der Waals surface area (Å²) in [5.41, 5.74) is 12.5. The van der Waals surface area contributed by atoms with Crippen molar-refractivity contribution >= 4 is 6.21 Å². The number of hydrogen-bond acceptors (Lipinski definition) is 5. The quantitative estimate of drug-likeness (QED) is 0.644. The van der Waals surface area contributed by atoms with Crippen LogP contribution in [-0.2, 0) is 13.1 Å². The van der Waals surface area contributed by atoms with Crippen LogP contribution in [0.2, 0.25) is 0 Å². The van der Waals surface area contributed by atoms with Crippen molar-refractivity contribution in [2.45, 2.75) is 26.9 Å². The summed E-state index contributed by atoms with van der Waals surface area (Å²) < 4.78 is 1.98. The molecule has 0 saturated carbocycles. The van der Waals surface area contributed by atoms with Gasteiger partial charge < -0.3 is 5.73 Å². The van der Waals surface area contributed by atoms with Crippen molar-refractivity contribution < 1.29 is 0 Å². The predicted molar refractivity (Wildman–Crippen MR) is 122 cm³/mol. The summed E-state index contributed by atoms with van der Waals surface area (Å²) in [6, 6.07) is 18.9. The van der Waals surface area contributed by atoms with E-state index < -0.39 is 0 Å². The van der Waals surface area contributed by atoms with Crippen LogP contribution in [0.15, 0.2) is 59.7 Å². The number of piperazine rings is 1. The Labute approximate surface area is 178 Å². The van der Waals surface area contributed by atoms with Crippen molar-refractivity contribution in [2.75, 3.05) is 26.2 Å². The van der Waals surface area contributed by atoms with Gasteiger partial charge in [-0.25, -0.2) is 4.68 Å². The number of aromatic nitrogens is 2. The highest BCUT2D eigenvalue weighted by Crippen LogP contribution is 2.18. The molecule has 2 aromatic carbocycles. The lowest BCUT2D eigenvalue weighted by Gasteiger charge is -2.33. The highest BCUT2D eigenvalue weighted by molar-refractivity contribution is 5.82. The van der Waals surface area contributed by atoms with Gasteiger partial charge >= 0.3 is 0 Å². The fourth-order valence-electron chi connectivity index (χ4n) is 3.90. The van der Waals surface area contributed by atoms with Gasteiger partial charge in [0.2, 0.25) is 0 Å². The third kappa shape index (κ3) is 4.61. The van der Waals surface area contributed by atoms with E-state index in [4.69, 9.17) is 15.9 Å². The van der Waals surface area contributed by atoms with Crippen LogP contribution in [0, 0.1) is 13.8 Å². The molecule has 0 unspecified atom stereocenters. The lowest BCUT2D eigenvalue weighted by molar-refractivity contribution is 0.131. The van der Waals surface area contributed by atoms with Gasteiger partial charge in [0.25, 0.3) is 0 Å². The molecule has 0 amide bonds. The summed E-state index contributed by atoms with van der Waals surface area (Å²) in [6.45, 7) is 9.58. The number of nitrogens with two attached hydrogens (primary N) is 1. The molecule has 1 aliphatic heterocycles. The molecule has 2 N–H and O–H groups in total. The Morgan fingerprint density at radius 2 is 1.70 bits per heavy atom. The fourth-order valence-corrected chi connectivity index (χ4v) is 3.90. The van der Waals surface area contributed by atoms with E-state index in [9.17, 15) is 0 Å². The second-order valence-electron chi connectivity index (χ2n) is 7.83. The van der Waals surface area contributed by atoms with E-state index >= 15 is 0 Å². The largest absolute Gasteiger partial charge is 0.326 e. The Hall–Kier alpha value is -2.96. The van der Waals surface area contributed by atoms with Crippen molar-refractivity contribution in [3.05, 3.63) is 82.7 Å². The molecule has 0 atom stereocenters. The van der Waals surface area contributed by atoms with Crippen LogP contribution in [0.5, 0.6) is 0 Å². The van der Waals surface area contributed by atoms with E-state index in [0.29, 0.717) is 6.54 Å². The van der Waals surface area contributed by atoms with Gasteiger partial charge in [-0.15, -0.1) is 0 Å². The average molecular weight is 403 g/mol. The fraction of sp³-hybridized carbons (Fsp3) is 0.333. The Morgan fingerprint density at radius 3 is 2.43 bits per heavy atom. The third-order valence-electron chi connectivity index (χ3n) is 5.69. The van der Waals surface area contributed by atoms with Crippen LogP contribution < -0.4 is 5.73 Å². The van der Waals surface area contributed by atoms with Crippen LogP contribution in [-0.4, -0.2) is 52.1 Å². The maximum Gasteiger partial charge on any atom is 0.0689 e. The summed E-state index contributed by atoms with van der Waals surface area (Å²) in [7, 11) is 0. The summed E-state index contributed by atoms with van der Waals surface area (Å²) in [6.07, 6.45) is 1.97. The van der Waals surface area contributed by atoms with Crippen molar-refractivity contribution in [3.63, 3.8) is 0 Å². The molecule has 0 spiro atoms. The molecule has 0 bridgehead atoms. The molecule has 1 fully saturated rings. The van der Waals surface area contributed by atoms with E-state index in [1.54, 1.807) is 0 Å². The Balaban J connectivity index is 1.40. The molecular weight excluding hydrogens is 372 g/mol. The molecule has 4 rings (SSSR count). The predicted octanol–water partition coefficient (Wildman–Crippen LogP) is 3.10. The van der Waals surface area contributed by atoms with E-state index in [2.05, 4.69) is 59.3 Å². The number of nitrogens with zero attached hydrogens (tertiary/aromatic N) is 5. The number of hydrazone groups is 1. The topological polar surface area (TPSA) is 62.7 Å². The van der Waals surface area contributed by atoms with Gasteiger partial charge in [0.15, 0.2) is 0 Å². The Morgan fingerprint density at radius 1 is 0.967 bits per heavy atom. The molecule has 2 heterocycles. The minimum Gasteiger partial charge on any atom is -0.326 e. The molecule has 3 aromatic rings. The van der Waals surface area contributed by atoms with Crippen LogP contribution in [0.25, 0.3) is 5.69 Å². The van der Waals surface area contributed by atoms with Gasteiger partial charge in [-0.1, -0.05) is 42.5 Å². The van der Waals surface area contributed by atoms with Crippen LogP contribution in [0.4, 0.5) is 0 Å². The van der Waals surface area contributed by atoms with Crippen molar-refractivity contribution in [2.24, 2.45) is 10.8 Å². The first-order valence-electron chi connectivity index (χ1n) is 10.5. The number of benzene rings is 2. The molecule has 30 heavy (non-hydrogen) atoms. The first kappa shape index (κ1) is 20.3. The number of hydrogen-bond donors (Lipinski definition) is 1. The Kier molecular flexibility index (Phi) is 6.26. The van der Waals surface area contributed by atoms with Crippen molar-refractivity contribution in [1.29, 1.82) is 0 Å².